The van der Waals surface area contributed by atoms with E-state index < -0.39 is 0 Å². The maximum atomic E-state index is 11.9. The molecule has 20 heavy (non-hydrogen) atoms. The van der Waals surface area contributed by atoms with Gasteiger partial charge < -0.3 is 20.0 Å². The van der Waals surface area contributed by atoms with Gasteiger partial charge in [0.15, 0.2) is 0 Å². The summed E-state index contributed by atoms with van der Waals surface area (Å²) in [6.07, 6.45) is 5.58. The Bertz CT molecular complexity index is 386. The summed E-state index contributed by atoms with van der Waals surface area (Å²) in [4.78, 5) is 14.4. The molecule has 0 radical (unpaired) electrons. The molecule has 2 heterocycles. The van der Waals surface area contributed by atoms with E-state index in [4.69, 9.17) is 4.42 Å². The van der Waals surface area contributed by atoms with Crippen LogP contribution in [0, 0.1) is 0 Å². The van der Waals surface area contributed by atoms with E-state index in [1.165, 1.54) is 32.4 Å². The van der Waals surface area contributed by atoms with E-state index in [0.29, 0.717) is 6.54 Å². The highest BCUT2D eigenvalue weighted by molar-refractivity contribution is 5.81. The molecule has 1 aromatic rings. The largest absolute Gasteiger partial charge is 0.467 e. The summed E-state index contributed by atoms with van der Waals surface area (Å²) >= 11 is 0. The van der Waals surface area contributed by atoms with Gasteiger partial charge in [0.2, 0.25) is 5.91 Å². The molecular weight excluding hydrogens is 254 g/mol. The maximum absolute atomic E-state index is 11.9. The lowest BCUT2D eigenvalue weighted by molar-refractivity contribution is -0.123. The van der Waals surface area contributed by atoms with Crippen LogP contribution in [0.4, 0.5) is 0 Å². The summed E-state index contributed by atoms with van der Waals surface area (Å²) in [5.74, 6) is 0.791. The fraction of sp³-hybridized carbons (Fsp3) is 0.667. The Morgan fingerprint density at radius 3 is 2.90 bits per heavy atom. The van der Waals surface area contributed by atoms with Gasteiger partial charge in [0, 0.05) is 13.1 Å². The monoisotopic (exact) mass is 279 g/mol. The fourth-order valence-electron chi connectivity index (χ4n) is 2.46. The number of hydrogen-bond acceptors (Lipinski definition) is 4. The fourth-order valence-corrected chi connectivity index (χ4v) is 2.46. The zero-order valence-electron chi connectivity index (χ0n) is 12.2. The van der Waals surface area contributed by atoms with Crippen molar-refractivity contribution >= 4 is 5.91 Å². The molecule has 1 saturated heterocycles. The van der Waals surface area contributed by atoms with Crippen molar-refractivity contribution in [1.82, 2.24) is 15.5 Å². The smallest absolute Gasteiger partial charge is 0.237 e. The number of carbonyl (C=O) groups excluding carboxylic acids is 1. The van der Waals surface area contributed by atoms with Gasteiger partial charge in [-0.2, -0.15) is 0 Å². The van der Waals surface area contributed by atoms with Crippen LogP contribution in [0.3, 0.4) is 0 Å². The zero-order chi connectivity index (χ0) is 14.2. The van der Waals surface area contributed by atoms with Gasteiger partial charge >= 0.3 is 0 Å². The number of likely N-dealkylation sites (tertiary alicyclic amines) is 1. The molecule has 1 amide bonds. The van der Waals surface area contributed by atoms with E-state index in [-0.39, 0.29) is 11.9 Å². The third-order valence-corrected chi connectivity index (χ3v) is 3.74. The molecule has 1 atom stereocenters. The molecule has 0 aliphatic carbocycles. The molecule has 0 aromatic carbocycles. The van der Waals surface area contributed by atoms with Crippen LogP contribution in [-0.2, 0) is 11.3 Å². The highest BCUT2D eigenvalue weighted by atomic mass is 16.3. The molecule has 0 bridgehead atoms. The van der Waals surface area contributed by atoms with Crippen molar-refractivity contribution in [3.8, 4) is 0 Å². The first-order valence-corrected chi connectivity index (χ1v) is 7.51. The van der Waals surface area contributed by atoms with Gasteiger partial charge in [-0.1, -0.05) is 6.42 Å². The molecule has 1 aliphatic heterocycles. The van der Waals surface area contributed by atoms with E-state index in [2.05, 4.69) is 15.5 Å². The summed E-state index contributed by atoms with van der Waals surface area (Å²) in [5.41, 5.74) is 0. The van der Waals surface area contributed by atoms with E-state index in [1.54, 1.807) is 6.26 Å². The van der Waals surface area contributed by atoms with Crippen LogP contribution in [0.15, 0.2) is 22.8 Å². The lowest BCUT2D eigenvalue weighted by Crippen LogP contribution is -2.45. The molecule has 1 unspecified atom stereocenters. The second-order valence-electron chi connectivity index (χ2n) is 5.38. The second-order valence-corrected chi connectivity index (χ2v) is 5.38. The van der Waals surface area contributed by atoms with Crippen molar-refractivity contribution in [1.29, 1.82) is 0 Å². The molecule has 5 nitrogen and oxygen atoms in total. The van der Waals surface area contributed by atoms with Crippen LogP contribution in [-0.4, -0.2) is 43.0 Å². The minimum Gasteiger partial charge on any atom is -0.467 e. The Balaban J connectivity index is 1.58. The van der Waals surface area contributed by atoms with Gasteiger partial charge in [-0.15, -0.1) is 0 Å². The van der Waals surface area contributed by atoms with Gasteiger partial charge in [-0.05, 0) is 45.0 Å². The Labute approximate surface area is 120 Å². The number of rotatable bonds is 7. The molecule has 1 aromatic heterocycles. The van der Waals surface area contributed by atoms with Gasteiger partial charge in [-0.25, -0.2) is 0 Å². The molecule has 2 N–H and O–H groups in total. The zero-order valence-corrected chi connectivity index (χ0v) is 12.2. The molecule has 0 spiro atoms. The normalized spacial score (nSPS) is 17.9. The lowest BCUT2D eigenvalue weighted by atomic mass is 10.1. The maximum Gasteiger partial charge on any atom is 0.237 e. The summed E-state index contributed by atoms with van der Waals surface area (Å²) < 4.78 is 5.18. The first-order chi connectivity index (χ1) is 9.75. The highest BCUT2D eigenvalue weighted by Crippen LogP contribution is 2.07. The van der Waals surface area contributed by atoms with Gasteiger partial charge in [0.05, 0.1) is 18.8 Å². The van der Waals surface area contributed by atoms with E-state index >= 15 is 0 Å². The van der Waals surface area contributed by atoms with Crippen molar-refractivity contribution in [2.24, 2.45) is 0 Å². The third kappa shape index (κ3) is 4.98. The molecule has 0 saturated carbocycles. The second kappa shape index (κ2) is 8.07. The van der Waals surface area contributed by atoms with Crippen molar-refractivity contribution in [3.05, 3.63) is 24.2 Å². The SMILES string of the molecule is CC(NCCN1CCCCC1)C(=O)NCc1ccco1. The van der Waals surface area contributed by atoms with Crippen LogP contribution in [0.5, 0.6) is 0 Å². The van der Waals surface area contributed by atoms with Gasteiger partial charge in [0.25, 0.3) is 0 Å². The molecule has 5 heteroatoms. The van der Waals surface area contributed by atoms with Crippen molar-refractivity contribution < 1.29 is 9.21 Å². The molecule has 2 rings (SSSR count). The van der Waals surface area contributed by atoms with Crippen LogP contribution in [0.2, 0.25) is 0 Å². The predicted molar refractivity (Wildman–Crippen MR) is 78.3 cm³/mol. The number of amides is 1. The molecular formula is C15H25N3O2. The van der Waals surface area contributed by atoms with Crippen LogP contribution in [0.25, 0.3) is 0 Å². The summed E-state index contributed by atoms with van der Waals surface area (Å²) in [6, 6.07) is 3.51. The number of carbonyl (C=O) groups is 1. The third-order valence-electron chi connectivity index (χ3n) is 3.74. The van der Waals surface area contributed by atoms with E-state index in [1.807, 2.05) is 19.1 Å². The number of nitrogens with zero attached hydrogens (tertiary/aromatic N) is 1. The number of nitrogens with one attached hydrogen (secondary N) is 2. The molecule has 1 aliphatic rings. The molecule has 112 valence electrons. The number of furan rings is 1. The number of hydrogen-bond donors (Lipinski definition) is 2. The standard InChI is InChI=1S/C15H25N3O2/c1-13(15(19)17-12-14-6-5-11-20-14)16-7-10-18-8-3-2-4-9-18/h5-6,11,13,16H,2-4,7-10,12H2,1H3,(H,17,19). The minimum atomic E-state index is -0.172. The van der Waals surface area contributed by atoms with Gasteiger partial charge in [0.1, 0.15) is 5.76 Å². The Morgan fingerprint density at radius 1 is 1.40 bits per heavy atom. The van der Waals surface area contributed by atoms with Crippen molar-refractivity contribution in [3.63, 3.8) is 0 Å². The lowest BCUT2D eigenvalue weighted by Gasteiger charge is -2.27. The molecule has 1 fully saturated rings. The summed E-state index contributed by atoms with van der Waals surface area (Å²) in [5, 5.41) is 6.14. The summed E-state index contributed by atoms with van der Waals surface area (Å²) in [7, 11) is 0. The van der Waals surface area contributed by atoms with Crippen LogP contribution in [0.1, 0.15) is 31.9 Å². The average Bonchev–Trinajstić information content (AvgIpc) is 2.99. The Hall–Kier alpha value is -1.33. The Kier molecular flexibility index (Phi) is 6.08. The summed E-state index contributed by atoms with van der Waals surface area (Å²) in [6.45, 7) is 6.62. The van der Waals surface area contributed by atoms with E-state index in [0.717, 1.165) is 18.8 Å². The highest BCUT2D eigenvalue weighted by Gasteiger charge is 2.14. The van der Waals surface area contributed by atoms with Gasteiger partial charge in [-0.3, -0.25) is 4.79 Å². The van der Waals surface area contributed by atoms with Crippen LogP contribution < -0.4 is 10.6 Å². The first-order valence-electron chi connectivity index (χ1n) is 7.51. The van der Waals surface area contributed by atoms with Crippen molar-refractivity contribution in [2.75, 3.05) is 26.2 Å². The Morgan fingerprint density at radius 2 is 2.20 bits per heavy atom. The quantitative estimate of drug-likeness (QED) is 0.791. The van der Waals surface area contributed by atoms with Crippen molar-refractivity contribution in [2.45, 2.75) is 38.8 Å². The topological polar surface area (TPSA) is 57.5 Å². The minimum absolute atomic E-state index is 0.0139. The van der Waals surface area contributed by atoms with Crippen LogP contribution >= 0.6 is 0 Å². The predicted octanol–water partition coefficient (Wildman–Crippen LogP) is 1.36. The number of piperidine rings is 1. The van der Waals surface area contributed by atoms with E-state index in [9.17, 15) is 4.79 Å². The average molecular weight is 279 g/mol. The first kappa shape index (κ1) is 15.1.